The molecule has 4 heteroatoms. The highest BCUT2D eigenvalue weighted by atomic mass is 16.5. The summed E-state index contributed by atoms with van der Waals surface area (Å²) in [6.07, 6.45) is 16.4. The van der Waals surface area contributed by atoms with Crippen molar-refractivity contribution >= 4 is 6.08 Å². The van der Waals surface area contributed by atoms with E-state index in [-0.39, 0.29) is 11.5 Å². The van der Waals surface area contributed by atoms with Gasteiger partial charge in [-0.1, -0.05) is 45.3 Å². The number of unbranched alkanes of at least 4 members (excludes halogenated alkanes) is 3. The Hall–Kier alpha value is -2.07. The van der Waals surface area contributed by atoms with Crippen LogP contribution in [0.3, 0.4) is 0 Å². The summed E-state index contributed by atoms with van der Waals surface area (Å²) >= 11 is 0. The Labute approximate surface area is 199 Å². The van der Waals surface area contributed by atoms with E-state index in [9.17, 15) is 5.11 Å². The summed E-state index contributed by atoms with van der Waals surface area (Å²) in [6.45, 7) is 5.42. The molecule has 3 aliphatic carbocycles. The van der Waals surface area contributed by atoms with E-state index in [1.54, 1.807) is 5.56 Å². The maximum atomic E-state index is 11.4. The molecule has 1 N–H and O–H groups in total. The van der Waals surface area contributed by atoms with Crippen molar-refractivity contribution in [2.45, 2.75) is 83.7 Å². The fourth-order valence-corrected chi connectivity index (χ4v) is 7.09. The van der Waals surface area contributed by atoms with Gasteiger partial charge in [-0.3, -0.25) is 4.68 Å². The van der Waals surface area contributed by atoms with Crippen molar-refractivity contribution in [2.75, 3.05) is 6.61 Å². The highest BCUT2D eigenvalue weighted by molar-refractivity contribution is 5.54. The van der Waals surface area contributed by atoms with Gasteiger partial charge in [0.15, 0.2) is 0 Å². The smallest absolute Gasteiger partial charge is 0.119 e. The zero-order valence-electron chi connectivity index (χ0n) is 20.6. The average Bonchev–Trinajstić information content (AvgIpc) is 3.34. The molecule has 33 heavy (non-hydrogen) atoms. The lowest BCUT2D eigenvalue weighted by Gasteiger charge is -2.49. The fraction of sp³-hybridized carbons (Fsp3) is 0.621. The molecule has 0 aliphatic heterocycles. The van der Waals surface area contributed by atoms with E-state index in [0.29, 0.717) is 17.8 Å². The van der Waals surface area contributed by atoms with E-state index in [2.05, 4.69) is 43.2 Å². The van der Waals surface area contributed by atoms with E-state index in [0.717, 1.165) is 43.6 Å². The molecule has 0 bridgehead atoms. The van der Waals surface area contributed by atoms with Gasteiger partial charge < -0.3 is 9.84 Å². The van der Waals surface area contributed by atoms with Gasteiger partial charge >= 0.3 is 0 Å². The van der Waals surface area contributed by atoms with Gasteiger partial charge in [0, 0.05) is 24.2 Å². The third kappa shape index (κ3) is 4.27. The lowest BCUT2D eigenvalue weighted by atomic mass is 9.55. The van der Waals surface area contributed by atoms with Gasteiger partial charge in [-0.25, -0.2) is 0 Å². The summed E-state index contributed by atoms with van der Waals surface area (Å²) in [7, 11) is 1.95. The SMILES string of the molecule is CCCCCCOc1ccc2c(c1)CCC1C2CCC2(C)C(O)/C(=C/c3cnn(C)c3)CC12. The molecule has 5 atom stereocenters. The number of aliphatic hydroxyl groups is 1. The molecule has 2 fully saturated rings. The first-order valence-electron chi connectivity index (χ1n) is 13.1. The Bertz CT molecular complexity index is 1010. The molecule has 0 saturated heterocycles. The molecule has 2 saturated carbocycles. The van der Waals surface area contributed by atoms with Crippen molar-refractivity contribution in [3.05, 3.63) is 52.9 Å². The monoisotopic (exact) mass is 448 g/mol. The van der Waals surface area contributed by atoms with Gasteiger partial charge in [0.25, 0.3) is 0 Å². The number of hydrogen-bond donors (Lipinski definition) is 1. The number of aromatic nitrogens is 2. The maximum Gasteiger partial charge on any atom is 0.119 e. The molecule has 0 amide bonds. The van der Waals surface area contributed by atoms with Crippen molar-refractivity contribution in [3.63, 3.8) is 0 Å². The van der Waals surface area contributed by atoms with Crippen molar-refractivity contribution in [3.8, 4) is 5.75 Å². The predicted molar refractivity (Wildman–Crippen MR) is 133 cm³/mol. The van der Waals surface area contributed by atoms with Crippen LogP contribution in [0.25, 0.3) is 6.08 Å². The van der Waals surface area contributed by atoms with Crippen molar-refractivity contribution in [1.29, 1.82) is 0 Å². The minimum atomic E-state index is -0.339. The third-order valence-electron chi connectivity index (χ3n) is 8.91. The molecule has 0 radical (unpaired) electrons. The summed E-state index contributed by atoms with van der Waals surface area (Å²) < 4.78 is 7.91. The largest absolute Gasteiger partial charge is 0.494 e. The van der Waals surface area contributed by atoms with Gasteiger partial charge in [0.05, 0.1) is 18.9 Å². The second-order valence-corrected chi connectivity index (χ2v) is 11.0. The highest BCUT2D eigenvalue weighted by Crippen LogP contribution is 2.62. The van der Waals surface area contributed by atoms with E-state index in [1.165, 1.54) is 43.2 Å². The second-order valence-electron chi connectivity index (χ2n) is 11.0. The molecule has 0 spiro atoms. The summed E-state index contributed by atoms with van der Waals surface area (Å²) in [5, 5.41) is 15.7. The zero-order valence-corrected chi connectivity index (χ0v) is 20.6. The lowest BCUT2D eigenvalue weighted by Crippen LogP contribution is -2.44. The normalized spacial score (nSPS) is 31.8. The Balaban J connectivity index is 1.31. The number of fused-ring (bicyclic) bond motifs is 5. The number of hydrogen-bond acceptors (Lipinski definition) is 3. The second kappa shape index (κ2) is 9.29. The molecule has 5 unspecified atom stereocenters. The van der Waals surface area contributed by atoms with Crippen LogP contribution in [0.2, 0.25) is 0 Å². The summed E-state index contributed by atoms with van der Waals surface area (Å²) in [6, 6.07) is 6.87. The molecule has 178 valence electrons. The van der Waals surface area contributed by atoms with Gasteiger partial charge in [-0.05, 0) is 85.1 Å². The number of ether oxygens (including phenoxy) is 1. The number of aliphatic hydroxyl groups excluding tert-OH is 1. The summed E-state index contributed by atoms with van der Waals surface area (Å²) in [4.78, 5) is 0. The van der Waals surface area contributed by atoms with Crippen LogP contribution in [-0.4, -0.2) is 27.6 Å². The van der Waals surface area contributed by atoms with E-state index >= 15 is 0 Å². The van der Waals surface area contributed by atoms with Crippen LogP contribution < -0.4 is 4.74 Å². The van der Waals surface area contributed by atoms with E-state index in [4.69, 9.17) is 4.74 Å². The lowest BCUT2D eigenvalue weighted by molar-refractivity contribution is -0.0158. The number of rotatable bonds is 7. The quantitative estimate of drug-likeness (QED) is 0.506. The van der Waals surface area contributed by atoms with E-state index in [1.807, 2.05) is 24.1 Å². The van der Waals surface area contributed by atoms with Crippen LogP contribution >= 0.6 is 0 Å². The van der Waals surface area contributed by atoms with Crippen molar-refractivity contribution in [2.24, 2.45) is 24.3 Å². The Morgan fingerprint density at radius 3 is 2.91 bits per heavy atom. The number of aryl methyl sites for hydroxylation is 2. The molecule has 1 aromatic carbocycles. The van der Waals surface area contributed by atoms with Gasteiger partial charge in [0.1, 0.15) is 5.75 Å². The van der Waals surface area contributed by atoms with Gasteiger partial charge in [-0.2, -0.15) is 5.10 Å². The topological polar surface area (TPSA) is 47.3 Å². The molecule has 2 aromatic rings. The first kappa shape index (κ1) is 22.7. The van der Waals surface area contributed by atoms with E-state index < -0.39 is 0 Å². The van der Waals surface area contributed by atoms with Gasteiger partial charge in [0.2, 0.25) is 0 Å². The average molecular weight is 449 g/mol. The van der Waals surface area contributed by atoms with Crippen molar-refractivity contribution in [1.82, 2.24) is 9.78 Å². The number of benzene rings is 1. The molecule has 3 aliphatic rings. The van der Waals surface area contributed by atoms with Crippen molar-refractivity contribution < 1.29 is 9.84 Å². The summed E-state index contributed by atoms with van der Waals surface area (Å²) in [5.74, 6) is 2.88. The van der Waals surface area contributed by atoms with Crippen LogP contribution in [0.5, 0.6) is 5.75 Å². The standard InChI is InChI=1S/C29H40N2O2/c1-4-5-6-7-14-33-23-9-11-24-21(16-23)8-10-26-25(24)12-13-29(2)27(26)17-22(28(29)32)15-20-18-30-31(3)19-20/h9,11,15-16,18-19,25-28,32H,4-8,10,12-14,17H2,1-3H3/b22-15+. The first-order chi connectivity index (χ1) is 16.0. The maximum absolute atomic E-state index is 11.4. The molecular weight excluding hydrogens is 408 g/mol. The third-order valence-corrected chi connectivity index (χ3v) is 8.91. The highest BCUT2D eigenvalue weighted by Gasteiger charge is 2.56. The minimum absolute atomic E-state index is 0.00570. The number of nitrogens with zero attached hydrogens (tertiary/aromatic N) is 2. The van der Waals surface area contributed by atoms with Gasteiger partial charge in [-0.15, -0.1) is 0 Å². The van der Waals surface area contributed by atoms with Crippen LogP contribution in [0.4, 0.5) is 0 Å². The molecular formula is C29H40N2O2. The molecule has 5 rings (SSSR count). The molecule has 1 aromatic heterocycles. The predicted octanol–water partition coefficient (Wildman–Crippen LogP) is 6.29. The molecule has 1 heterocycles. The van der Waals surface area contributed by atoms with Crippen LogP contribution in [0.15, 0.2) is 36.2 Å². The zero-order chi connectivity index (χ0) is 23.0. The summed E-state index contributed by atoms with van der Waals surface area (Å²) in [5.41, 5.74) is 5.34. The fourth-order valence-electron chi connectivity index (χ4n) is 7.09. The van der Waals surface area contributed by atoms with Crippen LogP contribution in [0, 0.1) is 17.3 Å². The first-order valence-corrected chi connectivity index (χ1v) is 13.1. The molecule has 4 nitrogen and oxygen atoms in total. The Kier molecular flexibility index (Phi) is 6.39. The Morgan fingerprint density at radius 1 is 1.24 bits per heavy atom. The van der Waals surface area contributed by atoms with Crippen LogP contribution in [-0.2, 0) is 13.5 Å². The minimum Gasteiger partial charge on any atom is -0.494 e. The Morgan fingerprint density at radius 2 is 2.12 bits per heavy atom. The van der Waals surface area contributed by atoms with Crippen LogP contribution in [0.1, 0.15) is 87.8 Å².